The van der Waals surface area contributed by atoms with E-state index in [1.54, 1.807) is 26.4 Å². The van der Waals surface area contributed by atoms with Crippen molar-refractivity contribution in [1.82, 2.24) is 9.97 Å². The van der Waals surface area contributed by atoms with Gasteiger partial charge in [0.25, 0.3) is 0 Å². The number of hydrogen-bond acceptors (Lipinski definition) is 6. The molecular weight excluding hydrogens is 392 g/mol. The number of benzene rings is 1. The Hall–Kier alpha value is -2.39. The Morgan fingerprint density at radius 3 is 2.52 bits per heavy atom. The highest BCUT2D eigenvalue weighted by Crippen LogP contribution is 2.44. The zero-order chi connectivity index (χ0) is 19.9. The van der Waals surface area contributed by atoms with Crippen molar-refractivity contribution in [1.29, 1.82) is 0 Å². The summed E-state index contributed by atoms with van der Waals surface area (Å²) in [4.78, 5) is 24.4. The Morgan fingerprint density at radius 1 is 1.26 bits per heavy atom. The number of rotatable bonds is 4. The predicted octanol–water partition coefficient (Wildman–Crippen LogP) is 2.77. The summed E-state index contributed by atoms with van der Waals surface area (Å²) in [6, 6.07) is 1.36. The fourth-order valence-corrected chi connectivity index (χ4v) is 3.77. The largest absolute Gasteiger partial charge is 0.496 e. The Morgan fingerprint density at radius 2 is 1.93 bits per heavy atom. The molecular formula is C17H19ClN4O4S. The Kier molecular flexibility index (Phi) is 5.25. The van der Waals surface area contributed by atoms with Gasteiger partial charge < -0.3 is 9.47 Å². The van der Waals surface area contributed by atoms with Crippen molar-refractivity contribution in [3.05, 3.63) is 28.4 Å². The molecule has 0 N–H and O–H groups in total. The summed E-state index contributed by atoms with van der Waals surface area (Å²) in [5.41, 5.74) is 1.92. The first-order valence-corrected chi connectivity index (χ1v) is 9.89. The van der Waals surface area contributed by atoms with Gasteiger partial charge in [0.05, 0.1) is 37.3 Å². The summed E-state index contributed by atoms with van der Waals surface area (Å²) >= 11 is 6.52. The van der Waals surface area contributed by atoms with Crippen molar-refractivity contribution in [2.24, 2.45) is 0 Å². The molecule has 0 bridgehead atoms. The lowest BCUT2D eigenvalue weighted by Crippen LogP contribution is -2.46. The van der Waals surface area contributed by atoms with Crippen LogP contribution >= 0.6 is 11.6 Å². The van der Waals surface area contributed by atoms with Gasteiger partial charge in [0.1, 0.15) is 22.3 Å². The third-order valence-electron chi connectivity index (χ3n) is 4.36. The molecule has 2 aromatic rings. The molecule has 10 heteroatoms. The molecule has 2 amide bonds. The molecule has 0 fully saturated rings. The highest BCUT2D eigenvalue weighted by molar-refractivity contribution is 7.84. The molecule has 3 rings (SSSR count). The van der Waals surface area contributed by atoms with Gasteiger partial charge in [0, 0.05) is 36.7 Å². The molecule has 0 aliphatic carbocycles. The zero-order valence-electron chi connectivity index (χ0n) is 15.6. The van der Waals surface area contributed by atoms with Gasteiger partial charge in [-0.1, -0.05) is 11.6 Å². The van der Waals surface area contributed by atoms with Crippen LogP contribution in [0.3, 0.4) is 0 Å². The van der Waals surface area contributed by atoms with Crippen LogP contribution in [-0.4, -0.2) is 47.7 Å². The number of urea groups is 1. The predicted molar refractivity (Wildman–Crippen MR) is 104 cm³/mol. The second-order valence-electron chi connectivity index (χ2n) is 5.95. The molecule has 27 heavy (non-hydrogen) atoms. The lowest BCUT2D eigenvalue weighted by atomic mass is 10.1. The van der Waals surface area contributed by atoms with Gasteiger partial charge in [0.15, 0.2) is 0 Å². The van der Waals surface area contributed by atoms with Gasteiger partial charge in [-0.2, -0.15) is 0 Å². The molecule has 1 unspecified atom stereocenters. The first kappa shape index (κ1) is 19.4. The van der Waals surface area contributed by atoms with Crippen LogP contribution in [0.25, 0.3) is 0 Å². The lowest BCUT2D eigenvalue weighted by Gasteiger charge is -2.35. The van der Waals surface area contributed by atoms with Crippen LogP contribution in [-0.2, 0) is 17.3 Å². The standard InChI is InChI=1S/C17H19ClN4O4S/c1-9-11(25-3)6-12(26-4)13(18)14(9)22-8-10-7-19-16(27(5)24)20-15(10)21(2)17(22)23/h6-7H,8H2,1-5H3. The number of nitrogens with zero attached hydrogens (tertiary/aromatic N) is 4. The summed E-state index contributed by atoms with van der Waals surface area (Å²) < 4.78 is 22.4. The maximum absolute atomic E-state index is 13.0. The Bertz CT molecular complexity index is 925. The molecule has 2 heterocycles. The SMILES string of the molecule is COc1cc(OC)c(Cl)c(N2Cc3cnc(S(C)=O)nc3N(C)C2=O)c1C. The number of carbonyl (C=O) groups is 1. The van der Waals surface area contributed by atoms with E-state index < -0.39 is 10.8 Å². The van der Waals surface area contributed by atoms with E-state index in [0.29, 0.717) is 39.2 Å². The monoisotopic (exact) mass is 410 g/mol. The molecule has 0 spiro atoms. The van der Waals surface area contributed by atoms with Crippen LogP contribution in [0.2, 0.25) is 5.02 Å². The second kappa shape index (κ2) is 7.32. The summed E-state index contributed by atoms with van der Waals surface area (Å²) in [5, 5.41) is 0.493. The zero-order valence-corrected chi connectivity index (χ0v) is 17.1. The number of aromatic nitrogens is 2. The average Bonchev–Trinajstić information content (AvgIpc) is 2.65. The molecule has 1 aliphatic heterocycles. The highest BCUT2D eigenvalue weighted by atomic mass is 35.5. The molecule has 144 valence electrons. The van der Waals surface area contributed by atoms with Crippen LogP contribution in [0, 0.1) is 6.92 Å². The van der Waals surface area contributed by atoms with Crippen molar-refractivity contribution in [2.45, 2.75) is 18.6 Å². The normalized spacial score (nSPS) is 14.8. The maximum Gasteiger partial charge on any atom is 0.330 e. The van der Waals surface area contributed by atoms with Crippen LogP contribution in [0.5, 0.6) is 11.5 Å². The van der Waals surface area contributed by atoms with Crippen LogP contribution in [0.15, 0.2) is 17.4 Å². The number of anilines is 2. The summed E-state index contributed by atoms with van der Waals surface area (Å²) in [6.45, 7) is 2.04. The summed E-state index contributed by atoms with van der Waals surface area (Å²) in [5.74, 6) is 1.39. The third-order valence-corrected chi connectivity index (χ3v) is 5.44. The van der Waals surface area contributed by atoms with Crippen molar-refractivity contribution >= 4 is 39.9 Å². The van der Waals surface area contributed by atoms with E-state index in [2.05, 4.69) is 9.97 Å². The molecule has 1 aromatic heterocycles. The molecule has 0 saturated heterocycles. The van der Waals surface area contributed by atoms with Gasteiger partial charge >= 0.3 is 6.03 Å². The molecule has 1 aromatic carbocycles. The molecule has 1 aliphatic rings. The van der Waals surface area contributed by atoms with Crippen molar-refractivity contribution < 1.29 is 18.5 Å². The Balaban J connectivity index is 2.15. The van der Waals surface area contributed by atoms with E-state index in [9.17, 15) is 9.00 Å². The molecule has 0 radical (unpaired) electrons. The van der Waals surface area contributed by atoms with Crippen LogP contribution in [0.4, 0.5) is 16.3 Å². The van der Waals surface area contributed by atoms with Crippen molar-refractivity contribution in [3.8, 4) is 11.5 Å². The van der Waals surface area contributed by atoms with Crippen molar-refractivity contribution in [2.75, 3.05) is 37.3 Å². The van der Waals surface area contributed by atoms with E-state index in [1.807, 2.05) is 6.92 Å². The minimum Gasteiger partial charge on any atom is -0.496 e. The number of hydrogen-bond donors (Lipinski definition) is 0. The smallest absolute Gasteiger partial charge is 0.330 e. The van der Waals surface area contributed by atoms with Gasteiger partial charge in [-0.15, -0.1) is 0 Å². The van der Waals surface area contributed by atoms with Crippen molar-refractivity contribution in [3.63, 3.8) is 0 Å². The highest BCUT2D eigenvalue weighted by Gasteiger charge is 2.34. The first-order chi connectivity index (χ1) is 12.8. The van der Waals surface area contributed by atoms with Gasteiger partial charge in [0.2, 0.25) is 5.16 Å². The fraction of sp³-hybridized carbons (Fsp3) is 0.353. The molecule has 8 nitrogen and oxygen atoms in total. The van der Waals surface area contributed by atoms with Gasteiger partial charge in [-0.05, 0) is 6.92 Å². The van der Waals surface area contributed by atoms with Gasteiger partial charge in [-0.3, -0.25) is 14.0 Å². The number of ether oxygens (including phenoxy) is 2. The summed E-state index contributed by atoms with van der Waals surface area (Å²) in [6.07, 6.45) is 3.07. The summed E-state index contributed by atoms with van der Waals surface area (Å²) in [7, 11) is 3.30. The van der Waals surface area contributed by atoms with Crippen LogP contribution < -0.4 is 19.3 Å². The van der Waals surface area contributed by atoms with E-state index in [4.69, 9.17) is 21.1 Å². The molecule has 1 atom stereocenters. The molecule has 0 saturated carbocycles. The second-order valence-corrected chi connectivity index (χ2v) is 7.60. The van der Waals surface area contributed by atoms with E-state index in [1.165, 1.54) is 23.2 Å². The van der Waals surface area contributed by atoms with E-state index in [-0.39, 0.29) is 17.7 Å². The van der Waals surface area contributed by atoms with E-state index in [0.717, 1.165) is 0 Å². The topological polar surface area (TPSA) is 84.9 Å². The number of methoxy groups -OCH3 is 2. The average molecular weight is 411 g/mol. The fourth-order valence-electron chi connectivity index (χ4n) is 2.98. The number of carbonyl (C=O) groups excluding carboxylic acids is 1. The van der Waals surface area contributed by atoms with Gasteiger partial charge in [-0.25, -0.2) is 14.8 Å². The number of halogens is 1. The van der Waals surface area contributed by atoms with E-state index >= 15 is 0 Å². The van der Waals surface area contributed by atoms with Crippen LogP contribution in [0.1, 0.15) is 11.1 Å². The number of amides is 2. The maximum atomic E-state index is 13.0. The Labute approximate surface area is 164 Å². The number of fused-ring (bicyclic) bond motifs is 1. The minimum atomic E-state index is -1.34. The first-order valence-electron chi connectivity index (χ1n) is 7.95. The quantitative estimate of drug-likeness (QED) is 0.720. The third kappa shape index (κ3) is 3.21. The minimum absolute atomic E-state index is 0.180. The lowest BCUT2D eigenvalue weighted by molar-refractivity contribution is 0.251.